The van der Waals surface area contributed by atoms with Gasteiger partial charge in [-0.15, -0.1) is 0 Å². The Morgan fingerprint density at radius 3 is 2.68 bits per heavy atom. The van der Waals surface area contributed by atoms with Crippen molar-refractivity contribution >= 4 is 46.1 Å². The number of rotatable bonds is 7. The van der Waals surface area contributed by atoms with E-state index in [0.29, 0.717) is 23.6 Å². The predicted molar refractivity (Wildman–Crippen MR) is 82.6 cm³/mol. The van der Waals surface area contributed by atoms with Crippen LogP contribution in [0, 0.1) is 3.57 Å². The van der Waals surface area contributed by atoms with E-state index in [0.717, 1.165) is 16.4 Å². The largest absolute Gasteiger partial charge is 0.481 e. The van der Waals surface area contributed by atoms with Gasteiger partial charge in [-0.2, -0.15) is 0 Å². The summed E-state index contributed by atoms with van der Waals surface area (Å²) in [6.45, 7) is 0.543. The molecule has 104 valence electrons. The third-order valence-corrected chi connectivity index (χ3v) is 3.70. The number of carbonyl (C=O) groups is 2. The minimum absolute atomic E-state index is 0.148. The van der Waals surface area contributed by atoms with Gasteiger partial charge in [0.15, 0.2) is 0 Å². The first-order valence-electron chi connectivity index (χ1n) is 5.95. The highest BCUT2D eigenvalue weighted by molar-refractivity contribution is 14.1. The highest BCUT2D eigenvalue weighted by Crippen LogP contribution is 2.17. The summed E-state index contributed by atoms with van der Waals surface area (Å²) < 4.78 is 0.852. The van der Waals surface area contributed by atoms with Crippen molar-refractivity contribution in [2.24, 2.45) is 0 Å². The van der Waals surface area contributed by atoms with Gasteiger partial charge in [0.1, 0.15) is 0 Å². The van der Waals surface area contributed by atoms with Crippen molar-refractivity contribution in [3.63, 3.8) is 0 Å². The second kappa shape index (κ2) is 8.37. The predicted octanol–water partition coefficient (Wildman–Crippen LogP) is 3.32. The van der Waals surface area contributed by atoms with Crippen LogP contribution in [-0.2, 0) is 4.79 Å². The van der Waals surface area contributed by atoms with Gasteiger partial charge in [-0.25, -0.2) is 0 Å². The first kappa shape index (κ1) is 16.2. The van der Waals surface area contributed by atoms with Crippen LogP contribution in [0.1, 0.15) is 36.0 Å². The van der Waals surface area contributed by atoms with Crippen LogP contribution in [0.4, 0.5) is 0 Å². The molecule has 0 spiro atoms. The van der Waals surface area contributed by atoms with Gasteiger partial charge in [-0.1, -0.05) is 18.0 Å². The molecule has 0 aliphatic carbocycles. The van der Waals surface area contributed by atoms with Crippen LogP contribution in [0.25, 0.3) is 0 Å². The molecule has 2 N–H and O–H groups in total. The summed E-state index contributed by atoms with van der Waals surface area (Å²) in [5, 5.41) is 11.8. The summed E-state index contributed by atoms with van der Waals surface area (Å²) in [7, 11) is 0. The molecule has 0 saturated heterocycles. The molecule has 1 amide bonds. The van der Waals surface area contributed by atoms with Crippen molar-refractivity contribution in [1.29, 1.82) is 0 Å². The van der Waals surface area contributed by atoms with E-state index < -0.39 is 5.97 Å². The van der Waals surface area contributed by atoms with Gasteiger partial charge in [-0.05, 0) is 53.6 Å². The smallest absolute Gasteiger partial charge is 0.303 e. The van der Waals surface area contributed by atoms with Crippen LogP contribution in [0.15, 0.2) is 18.2 Å². The summed E-state index contributed by atoms with van der Waals surface area (Å²) >= 11 is 7.94. The molecular formula is C13H15ClINO3. The van der Waals surface area contributed by atoms with Crippen LogP contribution in [0.2, 0.25) is 5.02 Å². The third-order valence-electron chi connectivity index (χ3n) is 2.53. The summed E-state index contributed by atoms with van der Waals surface area (Å²) in [6, 6.07) is 5.18. The number of aliphatic carboxylic acids is 1. The third kappa shape index (κ3) is 6.24. The monoisotopic (exact) mass is 395 g/mol. The Morgan fingerprint density at radius 2 is 2.00 bits per heavy atom. The van der Waals surface area contributed by atoms with Crippen molar-refractivity contribution < 1.29 is 14.7 Å². The number of benzene rings is 1. The summed E-state index contributed by atoms with van der Waals surface area (Å²) in [5.41, 5.74) is 0.568. The first-order chi connectivity index (χ1) is 9.00. The van der Waals surface area contributed by atoms with E-state index in [1.54, 1.807) is 18.2 Å². The molecule has 4 nitrogen and oxygen atoms in total. The molecule has 1 aromatic rings. The summed E-state index contributed by atoms with van der Waals surface area (Å²) in [4.78, 5) is 22.2. The van der Waals surface area contributed by atoms with Crippen LogP contribution in [0.5, 0.6) is 0 Å². The van der Waals surface area contributed by atoms with Crippen molar-refractivity contribution in [2.75, 3.05) is 6.54 Å². The maximum Gasteiger partial charge on any atom is 0.303 e. The lowest BCUT2D eigenvalue weighted by Crippen LogP contribution is -2.25. The quantitative estimate of drug-likeness (QED) is 0.550. The van der Waals surface area contributed by atoms with Crippen LogP contribution >= 0.6 is 34.2 Å². The molecule has 1 rings (SSSR count). The van der Waals surface area contributed by atoms with E-state index in [4.69, 9.17) is 16.7 Å². The molecule has 19 heavy (non-hydrogen) atoms. The Morgan fingerprint density at radius 1 is 1.26 bits per heavy atom. The van der Waals surface area contributed by atoms with Gasteiger partial charge in [0.05, 0.1) is 5.56 Å². The normalized spacial score (nSPS) is 10.2. The average Bonchev–Trinajstić information content (AvgIpc) is 2.36. The van der Waals surface area contributed by atoms with E-state index in [9.17, 15) is 9.59 Å². The topological polar surface area (TPSA) is 66.4 Å². The molecule has 0 aliphatic rings. The number of amides is 1. The van der Waals surface area contributed by atoms with Crippen LogP contribution in [-0.4, -0.2) is 23.5 Å². The lowest BCUT2D eigenvalue weighted by Gasteiger charge is -2.07. The summed E-state index contributed by atoms with van der Waals surface area (Å²) in [6.07, 6.45) is 2.38. The number of halogens is 2. The highest BCUT2D eigenvalue weighted by atomic mass is 127. The first-order valence-corrected chi connectivity index (χ1v) is 7.41. The Balaban J connectivity index is 2.31. The molecule has 0 aliphatic heterocycles. The summed E-state index contributed by atoms with van der Waals surface area (Å²) in [5.74, 6) is -0.928. The fourth-order valence-corrected chi connectivity index (χ4v) is 2.30. The van der Waals surface area contributed by atoms with Gasteiger partial charge in [0.25, 0.3) is 5.91 Å². The Labute approximate surface area is 130 Å². The lowest BCUT2D eigenvalue weighted by atomic mass is 10.2. The Bertz CT molecular complexity index is 465. The van der Waals surface area contributed by atoms with Gasteiger partial charge in [-0.3, -0.25) is 9.59 Å². The van der Waals surface area contributed by atoms with E-state index in [1.807, 2.05) is 0 Å². The fourth-order valence-electron chi connectivity index (χ4n) is 1.55. The van der Waals surface area contributed by atoms with E-state index in [2.05, 4.69) is 27.9 Å². The molecule has 0 bridgehead atoms. The molecule has 0 saturated carbocycles. The number of nitrogens with one attached hydrogen (secondary N) is 1. The molecule has 0 aromatic heterocycles. The van der Waals surface area contributed by atoms with Crippen molar-refractivity contribution in [1.82, 2.24) is 5.32 Å². The second-order valence-corrected chi connectivity index (χ2v) is 5.68. The number of carboxylic acids is 1. The molecule has 1 aromatic carbocycles. The van der Waals surface area contributed by atoms with Gasteiger partial charge in [0.2, 0.25) is 0 Å². The molecular weight excluding hydrogens is 381 g/mol. The number of carboxylic acid groups (broad SMARTS) is 1. The zero-order chi connectivity index (χ0) is 14.3. The Hall–Kier alpha value is -0.820. The van der Waals surface area contributed by atoms with Crippen molar-refractivity contribution in [2.45, 2.75) is 25.7 Å². The highest BCUT2D eigenvalue weighted by Gasteiger charge is 2.09. The van der Waals surface area contributed by atoms with E-state index >= 15 is 0 Å². The molecule has 0 heterocycles. The van der Waals surface area contributed by atoms with Crippen LogP contribution < -0.4 is 5.32 Å². The minimum atomic E-state index is -0.780. The number of carbonyl (C=O) groups excluding carboxylic acids is 1. The van der Waals surface area contributed by atoms with Gasteiger partial charge < -0.3 is 10.4 Å². The van der Waals surface area contributed by atoms with Crippen molar-refractivity contribution in [3.05, 3.63) is 32.4 Å². The number of hydrogen-bond acceptors (Lipinski definition) is 2. The van der Waals surface area contributed by atoms with Gasteiger partial charge in [0, 0.05) is 21.6 Å². The standard InChI is InChI=1S/C13H15ClINO3/c14-9-5-6-11(15)10(8-9)13(19)16-7-3-1-2-4-12(17)18/h5-6,8H,1-4,7H2,(H,16,19)(H,17,18). The molecule has 6 heteroatoms. The van der Waals surface area contributed by atoms with Crippen LogP contribution in [0.3, 0.4) is 0 Å². The van der Waals surface area contributed by atoms with E-state index in [1.165, 1.54) is 0 Å². The van der Waals surface area contributed by atoms with E-state index in [-0.39, 0.29) is 12.3 Å². The zero-order valence-corrected chi connectivity index (χ0v) is 13.2. The maximum atomic E-state index is 11.9. The minimum Gasteiger partial charge on any atom is -0.481 e. The molecule has 0 fully saturated rings. The molecule has 0 radical (unpaired) electrons. The van der Waals surface area contributed by atoms with Gasteiger partial charge >= 0.3 is 5.97 Å². The molecule has 0 unspecified atom stereocenters. The lowest BCUT2D eigenvalue weighted by molar-refractivity contribution is -0.137. The second-order valence-electron chi connectivity index (χ2n) is 4.08. The maximum absolute atomic E-state index is 11.9. The SMILES string of the molecule is O=C(O)CCCCCNC(=O)c1cc(Cl)ccc1I. The molecule has 0 atom stereocenters. The zero-order valence-electron chi connectivity index (χ0n) is 10.3. The van der Waals surface area contributed by atoms with Crippen molar-refractivity contribution in [3.8, 4) is 0 Å². The number of unbranched alkanes of at least 4 members (excludes halogenated alkanes) is 2. The Kier molecular flexibility index (Phi) is 7.15. The average molecular weight is 396 g/mol. The fraction of sp³-hybridized carbons (Fsp3) is 0.385. The number of hydrogen-bond donors (Lipinski definition) is 2.